The molecule has 1 aromatic rings. The Morgan fingerprint density at radius 3 is 2.53 bits per heavy atom. The highest BCUT2D eigenvalue weighted by Gasteiger charge is 2.29. The molecule has 0 unspecified atom stereocenters. The average molecular weight is 230 g/mol. The maximum absolute atomic E-state index is 3.45. The zero-order valence-electron chi connectivity index (χ0n) is 10.4. The number of likely N-dealkylation sites (tertiary alicyclic amines) is 1. The highest BCUT2D eigenvalue weighted by Crippen LogP contribution is 2.29. The molecule has 1 N–H and O–H groups in total. The fourth-order valence-corrected chi connectivity index (χ4v) is 3.29. The molecule has 0 amide bonds. The van der Waals surface area contributed by atoms with Crippen LogP contribution in [0.4, 0.5) is 0 Å². The van der Waals surface area contributed by atoms with Gasteiger partial charge < -0.3 is 5.32 Å². The van der Waals surface area contributed by atoms with Gasteiger partial charge in [-0.25, -0.2) is 0 Å². The second kappa shape index (κ2) is 5.19. The summed E-state index contributed by atoms with van der Waals surface area (Å²) in [5.41, 5.74) is 1.53. The van der Waals surface area contributed by atoms with Crippen molar-refractivity contribution >= 4 is 0 Å². The van der Waals surface area contributed by atoms with Gasteiger partial charge in [-0.15, -0.1) is 0 Å². The van der Waals surface area contributed by atoms with Gasteiger partial charge in [-0.1, -0.05) is 30.3 Å². The smallest absolute Gasteiger partial charge is 0.0120 e. The quantitative estimate of drug-likeness (QED) is 0.838. The molecule has 2 heterocycles. The third kappa shape index (κ3) is 2.53. The zero-order chi connectivity index (χ0) is 11.5. The molecule has 2 aliphatic heterocycles. The maximum Gasteiger partial charge on any atom is 0.0120 e. The molecule has 92 valence electrons. The third-order valence-electron chi connectivity index (χ3n) is 4.32. The van der Waals surface area contributed by atoms with Crippen LogP contribution in [0.3, 0.4) is 0 Å². The lowest BCUT2D eigenvalue weighted by Crippen LogP contribution is -2.41. The molecule has 2 aliphatic rings. The van der Waals surface area contributed by atoms with Gasteiger partial charge >= 0.3 is 0 Å². The molecule has 0 aliphatic carbocycles. The number of nitrogens with zero attached hydrogens (tertiary/aromatic N) is 1. The fourth-order valence-electron chi connectivity index (χ4n) is 3.29. The maximum atomic E-state index is 3.45. The summed E-state index contributed by atoms with van der Waals surface area (Å²) in [4.78, 5) is 2.72. The van der Waals surface area contributed by atoms with Crippen molar-refractivity contribution in [1.82, 2.24) is 10.2 Å². The number of piperidine rings is 1. The van der Waals surface area contributed by atoms with Crippen LogP contribution < -0.4 is 5.32 Å². The van der Waals surface area contributed by atoms with E-state index in [1.54, 1.807) is 0 Å². The Labute approximate surface area is 104 Å². The van der Waals surface area contributed by atoms with Crippen LogP contribution in [0, 0.1) is 0 Å². The Morgan fingerprint density at radius 1 is 1.00 bits per heavy atom. The van der Waals surface area contributed by atoms with Crippen LogP contribution in [0.1, 0.15) is 30.7 Å². The predicted octanol–water partition coefficient (Wildman–Crippen LogP) is 2.23. The molecule has 0 aromatic heterocycles. The average Bonchev–Trinajstić information content (AvgIpc) is 2.90. The second-order valence-electron chi connectivity index (χ2n) is 5.37. The Morgan fingerprint density at radius 2 is 1.76 bits per heavy atom. The van der Waals surface area contributed by atoms with E-state index < -0.39 is 0 Å². The van der Waals surface area contributed by atoms with Gasteiger partial charge in [0.2, 0.25) is 0 Å². The SMILES string of the molecule is c1ccc([C@H]2CCN(C3CCNCC3)C2)cc1. The van der Waals surface area contributed by atoms with Crippen LogP contribution in [0.5, 0.6) is 0 Å². The molecule has 17 heavy (non-hydrogen) atoms. The lowest BCUT2D eigenvalue weighted by atomic mass is 9.98. The molecular formula is C15H22N2. The van der Waals surface area contributed by atoms with Crippen LogP contribution in [-0.2, 0) is 0 Å². The van der Waals surface area contributed by atoms with E-state index in [0.717, 1.165) is 12.0 Å². The van der Waals surface area contributed by atoms with Crippen molar-refractivity contribution in [3.8, 4) is 0 Å². The van der Waals surface area contributed by atoms with Gasteiger partial charge in [0.15, 0.2) is 0 Å². The fraction of sp³-hybridized carbons (Fsp3) is 0.600. The molecule has 0 bridgehead atoms. The summed E-state index contributed by atoms with van der Waals surface area (Å²) in [6, 6.07) is 11.9. The Kier molecular flexibility index (Phi) is 3.44. The number of benzene rings is 1. The van der Waals surface area contributed by atoms with Gasteiger partial charge in [0, 0.05) is 12.6 Å². The minimum Gasteiger partial charge on any atom is -0.317 e. The molecule has 2 saturated heterocycles. The summed E-state index contributed by atoms with van der Waals surface area (Å²) < 4.78 is 0. The molecule has 0 saturated carbocycles. The first-order chi connectivity index (χ1) is 8.43. The van der Waals surface area contributed by atoms with Gasteiger partial charge in [-0.05, 0) is 50.4 Å². The zero-order valence-corrected chi connectivity index (χ0v) is 10.4. The molecule has 1 aromatic carbocycles. The summed E-state index contributed by atoms with van der Waals surface area (Å²) in [5.74, 6) is 0.770. The first kappa shape index (κ1) is 11.2. The first-order valence-electron chi connectivity index (χ1n) is 6.93. The van der Waals surface area contributed by atoms with Crippen molar-refractivity contribution in [3.63, 3.8) is 0 Å². The van der Waals surface area contributed by atoms with Gasteiger partial charge in [0.05, 0.1) is 0 Å². The van der Waals surface area contributed by atoms with Crippen molar-refractivity contribution < 1.29 is 0 Å². The van der Waals surface area contributed by atoms with Gasteiger partial charge in [0.25, 0.3) is 0 Å². The summed E-state index contributed by atoms with van der Waals surface area (Å²) in [7, 11) is 0. The van der Waals surface area contributed by atoms with Crippen LogP contribution in [0.25, 0.3) is 0 Å². The van der Waals surface area contributed by atoms with E-state index in [-0.39, 0.29) is 0 Å². The predicted molar refractivity (Wildman–Crippen MR) is 71.3 cm³/mol. The molecule has 2 fully saturated rings. The standard InChI is InChI=1S/C15H22N2/c1-2-4-13(5-3-1)14-8-11-17(12-14)15-6-9-16-10-7-15/h1-5,14-16H,6-12H2/t14-/m0/s1. The van der Waals surface area contributed by atoms with Crippen molar-refractivity contribution in [3.05, 3.63) is 35.9 Å². The summed E-state index contributed by atoms with van der Waals surface area (Å²) in [6.45, 7) is 4.98. The molecule has 0 radical (unpaired) electrons. The third-order valence-corrected chi connectivity index (χ3v) is 4.32. The van der Waals surface area contributed by atoms with E-state index in [0.29, 0.717) is 0 Å². The van der Waals surface area contributed by atoms with Crippen LogP contribution in [-0.4, -0.2) is 37.1 Å². The molecular weight excluding hydrogens is 208 g/mol. The Bertz CT molecular complexity index is 343. The monoisotopic (exact) mass is 230 g/mol. The molecule has 3 rings (SSSR count). The highest BCUT2D eigenvalue weighted by atomic mass is 15.2. The molecule has 1 atom stereocenters. The Hall–Kier alpha value is -0.860. The van der Waals surface area contributed by atoms with E-state index in [9.17, 15) is 0 Å². The second-order valence-corrected chi connectivity index (χ2v) is 5.37. The largest absolute Gasteiger partial charge is 0.317 e. The lowest BCUT2D eigenvalue weighted by Gasteiger charge is -2.31. The molecule has 2 heteroatoms. The summed E-state index contributed by atoms with van der Waals surface area (Å²) in [5, 5.41) is 3.45. The highest BCUT2D eigenvalue weighted by molar-refractivity contribution is 5.21. The molecule has 2 nitrogen and oxygen atoms in total. The first-order valence-corrected chi connectivity index (χ1v) is 6.93. The summed E-state index contributed by atoms with van der Waals surface area (Å²) in [6.07, 6.45) is 4.01. The normalized spacial score (nSPS) is 27.4. The number of rotatable bonds is 2. The number of hydrogen-bond donors (Lipinski definition) is 1. The minimum atomic E-state index is 0.770. The van der Waals surface area contributed by atoms with Crippen molar-refractivity contribution in [2.45, 2.75) is 31.2 Å². The van der Waals surface area contributed by atoms with Crippen molar-refractivity contribution in [2.24, 2.45) is 0 Å². The number of hydrogen-bond acceptors (Lipinski definition) is 2. The van der Waals surface area contributed by atoms with Crippen molar-refractivity contribution in [1.29, 1.82) is 0 Å². The summed E-state index contributed by atoms with van der Waals surface area (Å²) >= 11 is 0. The minimum absolute atomic E-state index is 0.770. The Balaban J connectivity index is 1.61. The van der Waals surface area contributed by atoms with Gasteiger partial charge in [-0.3, -0.25) is 4.90 Å². The topological polar surface area (TPSA) is 15.3 Å². The van der Waals surface area contributed by atoms with E-state index in [1.165, 1.54) is 51.0 Å². The van der Waals surface area contributed by atoms with Crippen LogP contribution in [0.15, 0.2) is 30.3 Å². The van der Waals surface area contributed by atoms with E-state index in [4.69, 9.17) is 0 Å². The van der Waals surface area contributed by atoms with Gasteiger partial charge in [0.1, 0.15) is 0 Å². The van der Waals surface area contributed by atoms with E-state index in [2.05, 4.69) is 40.5 Å². The lowest BCUT2D eigenvalue weighted by molar-refractivity contribution is 0.196. The van der Waals surface area contributed by atoms with E-state index >= 15 is 0 Å². The van der Waals surface area contributed by atoms with Crippen molar-refractivity contribution in [2.75, 3.05) is 26.2 Å². The molecule has 0 spiro atoms. The van der Waals surface area contributed by atoms with E-state index in [1.807, 2.05) is 0 Å². The van der Waals surface area contributed by atoms with Crippen LogP contribution in [0.2, 0.25) is 0 Å². The number of nitrogens with one attached hydrogen (secondary N) is 1. The van der Waals surface area contributed by atoms with Gasteiger partial charge in [-0.2, -0.15) is 0 Å². The van der Waals surface area contributed by atoms with Crippen LogP contribution >= 0.6 is 0 Å².